The van der Waals surface area contributed by atoms with Gasteiger partial charge in [0, 0.05) is 12.1 Å². The van der Waals surface area contributed by atoms with E-state index in [1.54, 1.807) is 19.1 Å². The average Bonchev–Trinajstić information content (AvgIpc) is 2.72. The summed E-state index contributed by atoms with van der Waals surface area (Å²) in [6, 6.07) is 14.1. The monoisotopic (exact) mass is 515 g/mol. The Hall–Kier alpha value is -2.87. The predicted molar refractivity (Wildman–Crippen MR) is 146 cm³/mol. The zero-order valence-electron chi connectivity index (χ0n) is 23.0. The summed E-state index contributed by atoms with van der Waals surface area (Å²) < 4.78 is 26.6. The Morgan fingerprint density at radius 2 is 1.56 bits per heavy atom. The fourth-order valence-corrected chi connectivity index (χ4v) is 4.65. The quantitative estimate of drug-likeness (QED) is 0.565. The molecule has 1 atom stereocenters. The molecule has 198 valence electrons. The fourth-order valence-electron chi connectivity index (χ4n) is 3.81. The van der Waals surface area contributed by atoms with E-state index < -0.39 is 34.1 Å². The summed E-state index contributed by atoms with van der Waals surface area (Å²) in [6.07, 6.45) is 1.08. The maximum atomic E-state index is 13.6. The van der Waals surface area contributed by atoms with Crippen LogP contribution in [-0.4, -0.2) is 49.5 Å². The van der Waals surface area contributed by atoms with Crippen molar-refractivity contribution in [2.45, 2.75) is 78.9 Å². The molecule has 0 aliphatic heterocycles. The van der Waals surface area contributed by atoms with Crippen LogP contribution in [-0.2, 0) is 31.6 Å². The van der Waals surface area contributed by atoms with E-state index in [9.17, 15) is 18.0 Å². The first kappa shape index (κ1) is 29.4. The van der Waals surface area contributed by atoms with Crippen LogP contribution >= 0.6 is 0 Å². The Balaban J connectivity index is 2.42. The molecule has 2 amide bonds. The number of hydrogen-bond donors (Lipinski definition) is 1. The van der Waals surface area contributed by atoms with Crippen molar-refractivity contribution in [1.29, 1.82) is 0 Å². The van der Waals surface area contributed by atoms with Crippen LogP contribution in [0, 0.1) is 6.92 Å². The van der Waals surface area contributed by atoms with Crippen molar-refractivity contribution in [1.82, 2.24) is 10.2 Å². The number of carbonyl (C=O) groups excluding carboxylic acids is 2. The molecular formula is C28H41N3O4S. The Bertz CT molecular complexity index is 1180. The number of carbonyl (C=O) groups is 2. The second-order valence-corrected chi connectivity index (χ2v) is 13.4. The van der Waals surface area contributed by atoms with Crippen LogP contribution in [0.3, 0.4) is 0 Å². The molecule has 0 saturated heterocycles. The minimum absolute atomic E-state index is 0.0925. The number of nitrogens with zero attached hydrogens (tertiary/aromatic N) is 2. The molecule has 2 aromatic rings. The summed E-state index contributed by atoms with van der Waals surface area (Å²) >= 11 is 0. The zero-order chi connectivity index (χ0) is 27.5. The Morgan fingerprint density at radius 1 is 0.972 bits per heavy atom. The minimum atomic E-state index is -3.76. The maximum absolute atomic E-state index is 13.6. The Kier molecular flexibility index (Phi) is 9.00. The van der Waals surface area contributed by atoms with Crippen LogP contribution in [0.1, 0.15) is 65.2 Å². The molecule has 2 aromatic carbocycles. The van der Waals surface area contributed by atoms with Crippen LogP contribution in [0.25, 0.3) is 0 Å². The Labute approximate surface area is 216 Å². The molecular weight excluding hydrogens is 474 g/mol. The second-order valence-electron chi connectivity index (χ2n) is 11.5. The fraction of sp³-hybridized carbons (Fsp3) is 0.500. The lowest BCUT2D eigenvalue weighted by Gasteiger charge is -2.33. The highest BCUT2D eigenvalue weighted by atomic mass is 32.2. The number of benzene rings is 2. The second kappa shape index (κ2) is 11.0. The van der Waals surface area contributed by atoms with Gasteiger partial charge in [0.25, 0.3) is 0 Å². The summed E-state index contributed by atoms with van der Waals surface area (Å²) in [5.41, 5.74) is 2.78. The van der Waals surface area contributed by atoms with E-state index in [0.29, 0.717) is 5.69 Å². The highest BCUT2D eigenvalue weighted by molar-refractivity contribution is 7.92. The first-order chi connectivity index (χ1) is 16.4. The summed E-state index contributed by atoms with van der Waals surface area (Å²) in [6.45, 7) is 15.2. The third-order valence-electron chi connectivity index (χ3n) is 5.80. The standard InChI is InChI=1S/C28H41N3O4S/c1-20-11-10-12-22(17-20)18-30(21(2)26(33)29-28(6,7)8)25(32)19-31(36(9,34)35)24-15-13-23(14-16-24)27(3,4)5/h10-17,21H,18-19H2,1-9H3,(H,29,33)/t21-/m0/s1. The van der Waals surface area contributed by atoms with Crippen LogP contribution < -0.4 is 9.62 Å². The van der Waals surface area contributed by atoms with E-state index in [4.69, 9.17) is 0 Å². The van der Waals surface area contributed by atoms with Gasteiger partial charge in [0.2, 0.25) is 21.8 Å². The molecule has 8 heteroatoms. The molecule has 0 unspecified atom stereocenters. The van der Waals surface area contributed by atoms with Gasteiger partial charge in [0.05, 0.1) is 11.9 Å². The van der Waals surface area contributed by atoms with Crippen LogP contribution in [0.4, 0.5) is 5.69 Å². The van der Waals surface area contributed by atoms with Gasteiger partial charge in [-0.2, -0.15) is 0 Å². The molecule has 0 radical (unpaired) electrons. The molecule has 2 rings (SSSR count). The van der Waals surface area contributed by atoms with Gasteiger partial charge < -0.3 is 10.2 Å². The van der Waals surface area contributed by atoms with Gasteiger partial charge in [-0.15, -0.1) is 0 Å². The van der Waals surface area contributed by atoms with Crippen molar-refractivity contribution >= 4 is 27.5 Å². The van der Waals surface area contributed by atoms with Gasteiger partial charge in [-0.3, -0.25) is 13.9 Å². The van der Waals surface area contributed by atoms with E-state index in [2.05, 4.69) is 26.1 Å². The van der Waals surface area contributed by atoms with Gasteiger partial charge in [0.1, 0.15) is 12.6 Å². The lowest BCUT2D eigenvalue weighted by Crippen LogP contribution is -2.54. The molecule has 0 aliphatic carbocycles. The molecule has 36 heavy (non-hydrogen) atoms. The first-order valence-electron chi connectivity index (χ1n) is 12.1. The van der Waals surface area contributed by atoms with E-state index in [0.717, 1.165) is 27.3 Å². The van der Waals surface area contributed by atoms with E-state index >= 15 is 0 Å². The molecule has 1 N–H and O–H groups in total. The highest BCUT2D eigenvalue weighted by Gasteiger charge is 2.31. The number of hydrogen-bond acceptors (Lipinski definition) is 4. The van der Waals surface area contributed by atoms with Crippen LogP contribution in [0.2, 0.25) is 0 Å². The molecule has 0 spiro atoms. The maximum Gasteiger partial charge on any atom is 0.244 e. The van der Waals surface area contributed by atoms with Gasteiger partial charge in [-0.1, -0.05) is 62.7 Å². The van der Waals surface area contributed by atoms with Crippen molar-refractivity contribution in [3.8, 4) is 0 Å². The number of sulfonamides is 1. The van der Waals surface area contributed by atoms with Crippen molar-refractivity contribution in [2.24, 2.45) is 0 Å². The SMILES string of the molecule is Cc1cccc(CN(C(=O)CN(c2ccc(C(C)(C)C)cc2)S(C)(=O)=O)[C@@H](C)C(=O)NC(C)(C)C)c1. The van der Waals surface area contributed by atoms with Crippen molar-refractivity contribution in [2.75, 3.05) is 17.1 Å². The molecule has 0 fully saturated rings. The van der Waals surface area contributed by atoms with Gasteiger partial charge in [-0.25, -0.2) is 8.42 Å². The lowest BCUT2D eigenvalue weighted by molar-refractivity contribution is -0.140. The molecule has 0 heterocycles. The third kappa shape index (κ3) is 8.36. The molecule has 0 aliphatic rings. The summed E-state index contributed by atoms with van der Waals surface area (Å²) in [5, 5.41) is 2.92. The average molecular weight is 516 g/mol. The van der Waals surface area contributed by atoms with Gasteiger partial charge in [0.15, 0.2) is 0 Å². The Morgan fingerprint density at radius 3 is 2.03 bits per heavy atom. The molecule has 0 bridgehead atoms. The number of amides is 2. The van der Waals surface area contributed by atoms with Crippen LogP contribution in [0.5, 0.6) is 0 Å². The van der Waals surface area contributed by atoms with Crippen molar-refractivity contribution in [3.05, 3.63) is 65.2 Å². The number of rotatable bonds is 8. The minimum Gasteiger partial charge on any atom is -0.350 e. The topological polar surface area (TPSA) is 86.8 Å². The van der Waals surface area contributed by atoms with Crippen LogP contribution in [0.15, 0.2) is 48.5 Å². The molecule has 0 saturated carbocycles. The first-order valence-corrected chi connectivity index (χ1v) is 14.0. The van der Waals surface area contributed by atoms with Gasteiger partial charge >= 0.3 is 0 Å². The zero-order valence-corrected chi connectivity index (χ0v) is 23.9. The lowest BCUT2D eigenvalue weighted by atomic mass is 9.87. The van der Waals surface area contributed by atoms with Crippen molar-refractivity contribution < 1.29 is 18.0 Å². The van der Waals surface area contributed by atoms with Gasteiger partial charge in [-0.05, 0) is 63.3 Å². The normalized spacial score (nSPS) is 13.1. The number of anilines is 1. The summed E-state index contributed by atoms with van der Waals surface area (Å²) in [7, 11) is -3.76. The van der Waals surface area contributed by atoms with E-state index in [1.807, 2.05) is 64.1 Å². The largest absolute Gasteiger partial charge is 0.350 e. The van der Waals surface area contributed by atoms with E-state index in [-0.39, 0.29) is 17.9 Å². The molecule has 7 nitrogen and oxygen atoms in total. The highest BCUT2D eigenvalue weighted by Crippen LogP contribution is 2.26. The molecule has 0 aromatic heterocycles. The third-order valence-corrected chi connectivity index (χ3v) is 6.94. The van der Waals surface area contributed by atoms with Crippen molar-refractivity contribution in [3.63, 3.8) is 0 Å². The number of aryl methyl sites for hydroxylation is 1. The smallest absolute Gasteiger partial charge is 0.244 e. The summed E-state index contributed by atoms with van der Waals surface area (Å²) in [5.74, 6) is -0.762. The number of nitrogens with one attached hydrogen (secondary N) is 1. The van der Waals surface area contributed by atoms with E-state index in [1.165, 1.54) is 4.90 Å². The predicted octanol–water partition coefficient (Wildman–Crippen LogP) is 4.39. The summed E-state index contributed by atoms with van der Waals surface area (Å²) in [4.78, 5) is 28.1.